The highest BCUT2D eigenvalue weighted by molar-refractivity contribution is 7.92. The second-order valence-corrected chi connectivity index (χ2v) is 9.53. The zero-order valence-electron chi connectivity index (χ0n) is 19.2. The van der Waals surface area contributed by atoms with E-state index in [1.165, 1.54) is 62.4 Å². The van der Waals surface area contributed by atoms with Gasteiger partial charge in [-0.1, -0.05) is 17.7 Å². The average Bonchev–Trinajstić information content (AvgIpc) is 2.79. The van der Waals surface area contributed by atoms with Gasteiger partial charge in [-0.15, -0.1) is 0 Å². The van der Waals surface area contributed by atoms with Crippen LogP contribution in [-0.2, 0) is 33.8 Å². The molecule has 1 aliphatic rings. The van der Waals surface area contributed by atoms with Gasteiger partial charge in [0.15, 0.2) is 6.23 Å². The molecule has 0 bridgehead atoms. The molecule has 0 saturated carbocycles. The zero-order chi connectivity index (χ0) is 25.8. The molecular formula is C23H24N2O9S. The second-order valence-electron chi connectivity index (χ2n) is 7.71. The van der Waals surface area contributed by atoms with Crippen molar-refractivity contribution in [3.8, 4) is 0 Å². The van der Waals surface area contributed by atoms with Gasteiger partial charge >= 0.3 is 11.9 Å². The van der Waals surface area contributed by atoms with Crippen LogP contribution in [0.3, 0.4) is 0 Å². The first-order chi connectivity index (χ1) is 16.5. The van der Waals surface area contributed by atoms with Gasteiger partial charge in [-0.05, 0) is 43.3 Å². The normalized spacial score (nSPS) is 19.6. The largest absolute Gasteiger partial charge is 0.463 e. The van der Waals surface area contributed by atoms with Crippen molar-refractivity contribution in [2.24, 2.45) is 0 Å². The van der Waals surface area contributed by atoms with E-state index in [1.807, 2.05) is 6.92 Å². The van der Waals surface area contributed by atoms with Crippen molar-refractivity contribution >= 4 is 33.3 Å². The van der Waals surface area contributed by atoms with Gasteiger partial charge in [-0.3, -0.25) is 19.7 Å². The molecule has 0 unspecified atom stereocenters. The van der Waals surface area contributed by atoms with Crippen LogP contribution in [0.25, 0.3) is 0 Å². The van der Waals surface area contributed by atoms with Crippen LogP contribution in [0.15, 0.2) is 65.6 Å². The molecule has 0 saturated heterocycles. The molecule has 35 heavy (non-hydrogen) atoms. The summed E-state index contributed by atoms with van der Waals surface area (Å²) in [5.74, 6) is -1.20. The van der Waals surface area contributed by atoms with Crippen LogP contribution in [0, 0.1) is 17.0 Å². The smallest absolute Gasteiger partial charge is 0.303 e. The Kier molecular flexibility index (Phi) is 7.87. The number of benzene rings is 2. The number of aryl methyl sites for hydroxylation is 1. The Morgan fingerprint density at radius 1 is 1.03 bits per heavy atom. The number of anilines is 1. The van der Waals surface area contributed by atoms with Gasteiger partial charge in [0.2, 0.25) is 0 Å². The number of non-ortho nitro benzene ring substituents is 1. The predicted molar refractivity (Wildman–Crippen MR) is 124 cm³/mol. The Balaban J connectivity index is 2.06. The van der Waals surface area contributed by atoms with Crippen molar-refractivity contribution in [2.45, 2.75) is 44.1 Å². The number of nitrogens with zero attached hydrogens (tertiary/aromatic N) is 2. The highest BCUT2D eigenvalue weighted by Crippen LogP contribution is 2.31. The number of hydrogen-bond acceptors (Lipinski definition) is 9. The molecule has 0 spiro atoms. The lowest BCUT2D eigenvalue weighted by Gasteiger charge is -2.37. The quantitative estimate of drug-likeness (QED) is 0.229. The van der Waals surface area contributed by atoms with Gasteiger partial charge in [-0.2, -0.15) is 0 Å². The maximum absolute atomic E-state index is 13.7. The van der Waals surface area contributed by atoms with Gasteiger partial charge in [-0.25, -0.2) is 12.7 Å². The van der Waals surface area contributed by atoms with Crippen LogP contribution in [0.2, 0.25) is 0 Å². The molecule has 2 aromatic carbocycles. The first-order valence-corrected chi connectivity index (χ1v) is 11.9. The molecule has 12 heteroatoms. The molecule has 0 aromatic heterocycles. The maximum atomic E-state index is 13.7. The summed E-state index contributed by atoms with van der Waals surface area (Å²) in [6.45, 7) is 3.91. The number of carbonyl (C=O) groups is 2. The van der Waals surface area contributed by atoms with E-state index in [9.17, 15) is 28.1 Å². The van der Waals surface area contributed by atoms with E-state index >= 15 is 0 Å². The van der Waals surface area contributed by atoms with Crippen molar-refractivity contribution < 1.29 is 37.1 Å². The number of sulfonamides is 1. The monoisotopic (exact) mass is 504 g/mol. The van der Waals surface area contributed by atoms with Crippen LogP contribution in [0.4, 0.5) is 11.4 Å². The Morgan fingerprint density at radius 3 is 2.20 bits per heavy atom. The minimum Gasteiger partial charge on any atom is -0.463 e. The number of rotatable bonds is 8. The summed E-state index contributed by atoms with van der Waals surface area (Å²) in [5, 5.41) is 11.1. The van der Waals surface area contributed by atoms with E-state index in [0.717, 1.165) is 9.87 Å². The summed E-state index contributed by atoms with van der Waals surface area (Å²) in [6, 6.07) is 11.1. The van der Waals surface area contributed by atoms with E-state index in [0.29, 0.717) is 0 Å². The standard InChI is InChI=1S/C23H24N2O9S/c1-15-4-10-20(11-5-15)35(30,31)24(18-6-8-19(9-7-18)25(28)29)23-13-12-21(33-17(3)27)22(34-23)14-32-16(2)26/h4-13,21-23H,14H2,1-3H3/t21-,22+,23-/m0/s1. The maximum Gasteiger partial charge on any atom is 0.303 e. The summed E-state index contributed by atoms with van der Waals surface area (Å²) >= 11 is 0. The average molecular weight is 505 g/mol. The van der Waals surface area contributed by atoms with Crippen LogP contribution in [0.1, 0.15) is 19.4 Å². The third-order valence-electron chi connectivity index (χ3n) is 5.02. The number of nitro benzene ring substituents is 1. The van der Waals surface area contributed by atoms with Gasteiger partial charge in [0, 0.05) is 26.0 Å². The number of hydrogen-bond donors (Lipinski definition) is 0. The van der Waals surface area contributed by atoms with Gasteiger partial charge in [0.25, 0.3) is 15.7 Å². The Labute approximate surface area is 202 Å². The molecule has 0 N–H and O–H groups in total. The third kappa shape index (κ3) is 6.22. The van der Waals surface area contributed by atoms with Crippen LogP contribution < -0.4 is 4.31 Å². The topological polar surface area (TPSA) is 142 Å². The number of ether oxygens (including phenoxy) is 3. The minimum atomic E-state index is -4.23. The molecule has 0 amide bonds. The van der Waals surface area contributed by atoms with E-state index in [4.69, 9.17) is 14.2 Å². The minimum absolute atomic E-state index is 0.0305. The van der Waals surface area contributed by atoms with Gasteiger partial charge in [0.05, 0.1) is 15.5 Å². The van der Waals surface area contributed by atoms with Crippen molar-refractivity contribution in [1.82, 2.24) is 0 Å². The third-order valence-corrected chi connectivity index (χ3v) is 6.83. The Hall–Kier alpha value is -3.77. The van der Waals surface area contributed by atoms with Crippen molar-refractivity contribution in [3.63, 3.8) is 0 Å². The molecule has 3 atom stereocenters. The van der Waals surface area contributed by atoms with Gasteiger partial charge in [0.1, 0.15) is 18.8 Å². The lowest BCUT2D eigenvalue weighted by Crippen LogP contribution is -2.49. The van der Waals surface area contributed by atoms with E-state index in [2.05, 4.69) is 0 Å². The van der Waals surface area contributed by atoms with Crippen molar-refractivity contribution in [2.75, 3.05) is 10.9 Å². The molecule has 2 aromatic rings. The molecule has 186 valence electrons. The molecule has 1 aliphatic heterocycles. The van der Waals surface area contributed by atoms with Crippen LogP contribution in [0.5, 0.6) is 0 Å². The first kappa shape index (κ1) is 25.8. The number of nitro groups is 1. The summed E-state index contributed by atoms with van der Waals surface area (Å²) in [6.07, 6.45) is -0.330. The molecule has 0 fully saturated rings. The van der Waals surface area contributed by atoms with Gasteiger partial charge < -0.3 is 14.2 Å². The fourth-order valence-electron chi connectivity index (χ4n) is 3.37. The number of esters is 2. The Morgan fingerprint density at radius 2 is 1.66 bits per heavy atom. The molecule has 3 rings (SSSR count). The summed E-state index contributed by atoms with van der Waals surface area (Å²) < 4.78 is 44.5. The lowest BCUT2D eigenvalue weighted by molar-refractivity contribution is -0.384. The lowest BCUT2D eigenvalue weighted by atomic mass is 10.1. The Bertz CT molecular complexity index is 1220. The van der Waals surface area contributed by atoms with Crippen LogP contribution >= 0.6 is 0 Å². The second kappa shape index (κ2) is 10.7. The highest BCUT2D eigenvalue weighted by Gasteiger charge is 2.38. The fraction of sp³-hybridized carbons (Fsp3) is 0.304. The van der Waals surface area contributed by atoms with Crippen molar-refractivity contribution in [3.05, 3.63) is 76.4 Å². The molecule has 0 aliphatic carbocycles. The first-order valence-electron chi connectivity index (χ1n) is 10.5. The molecular weight excluding hydrogens is 480 g/mol. The molecule has 11 nitrogen and oxygen atoms in total. The molecule has 1 heterocycles. The summed E-state index contributed by atoms with van der Waals surface area (Å²) in [5.41, 5.74) is 0.734. The number of carbonyl (C=O) groups excluding carboxylic acids is 2. The summed E-state index contributed by atoms with van der Waals surface area (Å²) in [7, 11) is -4.23. The van der Waals surface area contributed by atoms with Crippen LogP contribution in [-0.4, -0.2) is 50.3 Å². The summed E-state index contributed by atoms with van der Waals surface area (Å²) in [4.78, 5) is 33.3. The molecule has 0 radical (unpaired) electrons. The van der Waals surface area contributed by atoms with Crippen molar-refractivity contribution in [1.29, 1.82) is 0 Å². The van der Waals surface area contributed by atoms with E-state index in [-0.39, 0.29) is 22.9 Å². The predicted octanol–water partition coefficient (Wildman–Crippen LogP) is 2.87. The highest BCUT2D eigenvalue weighted by atomic mass is 32.2. The fourth-order valence-corrected chi connectivity index (χ4v) is 4.87. The van der Waals surface area contributed by atoms with E-state index in [1.54, 1.807) is 12.1 Å². The SMILES string of the molecule is CC(=O)OC[C@H]1O[C@H](N(c2ccc([N+](=O)[O-])cc2)S(=O)(=O)c2ccc(C)cc2)C=C[C@@H]1OC(C)=O. The van der Waals surface area contributed by atoms with E-state index < -0.39 is 45.3 Å². The zero-order valence-corrected chi connectivity index (χ0v) is 20.0.